The Morgan fingerprint density at radius 2 is 0.733 bits per heavy atom. The highest BCUT2D eigenvalue weighted by Gasteiger charge is 2.14. The van der Waals surface area contributed by atoms with E-state index < -0.39 is 28.7 Å². The molecule has 0 aromatic carbocycles. The zero-order valence-corrected chi connectivity index (χ0v) is 10.4. The van der Waals surface area contributed by atoms with E-state index in [1.165, 1.54) is 0 Å². The summed E-state index contributed by atoms with van der Waals surface area (Å²) in [5, 5.41) is 0. The third kappa shape index (κ3) is 40.4. The zero-order valence-electron chi connectivity index (χ0n) is 6.28. The second-order valence-corrected chi connectivity index (χ2v) is 10.1. The second kappa shape index (κ2) is 6.21. The van der Waals surface area contributed by atoms with Crippen molar-refractivity contribution < 1.29 is 43.5 Å². The van der Waals surface area contributed by atoms with Gasteiger partial charge in [-0.2, -0.15) is 25.3 Å². The SMILES string of the molecule is O=S(=O)(O)O.O=S(=O)(O)SSS(=O)(=O)O. The average Bonchev–Trinajstić information content (AvgIpc) is 1.76. The zero-order chi connectivity index (χ0) is 12.9. The Kier molecular flexibility index (Phi) is 7.35. The van der Waals surface area contributed by atoms with Crippen LogP contribution in [-0.2, 0) is 28.7 Å². The lowest BCUT2D eigenvalue weighted by molar-refractivity contribution is 0.380. The summed E-state index contributed by atoms with van der Waals surface area (Å²) in [6.07, 6.45) is 0. The van der Waals surface area contributed by atoms with Crippen molar-refractivity contribution in [1.29, 1.82) is 0 Å². The molecule has 0 radical (unpaired) electrons. The van der Waals surface area contributed by atoms with Gasteiger partial charge in [-0.15, -0.1) is 0 Å². The standard InChI is InChI=1S/H2O6S4.H2O4S/c1-9(2,3)7-8-10(4,5)6;1-5(2,3)4/h(H,1,2,3)(H,4,5,6);(H2,1,2,3,4). The van der Waals surface area contributed by atoms with Gasteiger partial charge in [0.15, 0.2) is 0 Å². The van der Waals surface area contributed by atoms with Crippen LogP contribution in [0, 0.1) is 0 Å². The van der Waals surface area contributed by atoms with E-state index in [9.17, 15) is 16.8 Å². The van der Waals surface area contributed by atoms with E-state index in [-0.39, 0.29) is 19.7 Å². The monoisotopic (exact) mass is 324 g/mol. The topological polar surface area (TPSA) is 183 Å². The van der Waals surface area contributed by atoms with Crippen LogP contribution >= 0.6 is 19.7 Å². The molecule has 0 bridgehead atoms. The summed E-state index contributed by atoms with van der Waals surface area (Å²) in [6.45, 7) is 0. The molecular formula is H4O10S5. The van der Waals surface area contributed by atoms with Gasteiger partial charge in [-0.3, -0.25) is 18.2 Å². The van der Waals surface area contributed by atoms with Crippen LogP contribution in [0.4, 0.5) is 0 Å². The van der Waals surface area contributed by atoms with Crippen molar-refractivity contribution in [3.8, 4) is 0 Å². The van der Waals surface area contributed by atoms with Crippen LogP contribution in [0.25, 0.3) is 0 Å². The molecule has 4 N–H and O–H groups in total. The molecule has 0 heterocycles. The van der Waals surface area contributed by atoms with Crippen LogP contribution in [0.3, 0.4) is 0 Å². The van der Waals surface area contributed by atoms with Gasteiger partial charge < -0.3 is 0 Å². The van der Waals surface area contributed by atoms with Gasteiger partial charge >= 0.3 is 28.7 Å². The average molecular weight is 324 g/mol. The van der Waals surface area contributed by atoms with Crippen molar-refractivity contribution in [1.82, 2.24) is 0 Å². The van der Waals surface area contributed by atoms with E-state index in [1.54, 1.807) is 0 Å². The largest absolute Gasteiger partial charge is 0.394 e. The first kappa shape index (κ1) is 17.8. The molecule has 0 saturated carbocycles. The summed E-state index contributed by atoms with van der Waals surface area (Å²) in [6, 6.07) is 0. The van der Waals surface area contributed by atoms with E-state index in [1.807, 2.05) is 0 Å². The third-order valence-corrected chi connectivity index (χ3v) is 6.89. The van der Waals surface area contributed by atoms with Gasteiger partial charge in [0, 0.05) is 0 Å². The van der Waals surface area contributed by atoms with E-state index >= 15 is 0 Å². The van der Waals surface area contributed by atoms with Gasteiger partial charge in [0.1, 0.15) is 0 Å². The van der Waals surface area contributed by atoms with Crippen LogP contribution < -0.4 is 0 Å². The van der Waals surface area contributed by atoms with Crippen LogP contribution in [0.5, 0.6) is 0 Å². The predicted molar refractivity (Wildman–Crippen MR) is 52.5 cm³/mol. The minimum Gasteiger partial charge on any atom is -0.277 e. The van der Waals surface area contributed by atoms with Crippen molar-refractivity contribution in [2.24, 2.45) is 0 Å². The quantitative estimate of drug-likeness (QED) is 0.379. The van der Waals surface area contributed by atoms with Crippen molar-refractivity contribution in [3.63, 3.8) is 0 Å². The highest BCUT2D eigenvalue weighted by molar-refractivity contribution is 9.21. The minimum atomic E-state index is -4.67. The molecule has 15 heavy (non-hydrogen) atoms. The third-order valence-electron chi connectivity index (χ3n) is 0.200. The van der Waals surface area contributed by atoms with Gasteiger partial charge in [0.2, 0.25) is 0 Å². The number of rotatable bonds is 3. The van der Waals surface area contributed by atoms with Crippen molar-refractivity contribution in [2.75, 3.05) is 0 Å². The lowest BCUT2D eigenvalue weighted by Gasteiger charge is -1.89. The lowest BCUT2D eigenvalue weighted by atomic mass is 15.8. The summed E-state index contributed by atoms with van der Waals surface area (Å²) in [5.74, 6) is 0. The Hall–Kier alpha value is 0.390. The van der Waals surface area contributed by atoms with E-state index in [0.717, 1.165) is 0 Å². The van der Waals surface area contributed by atoms with Gasteiger partial charge in [-0.1, -0.05) is 0 Å². The first-order valence-electron chi connectivity index (χ1n) is 2.23. The van der Waals surface area contributed by atoms with E-state index in [2.05, 4.69) is 0 Å². The summed E-state index contributed by atoms with van der Waals surface area (Å²) in [7, 11) is -14.2. The van der Waals surface area contributed by atoms with Gasteiger partial charge in [-0.05, 0) is 0 Å². The molecule has 10 nitrogen and oxygen atoms in total. The number of hydrogen-bond acceptors (Lipinski definition) is 8. The molecule has 94 valence electrons. The first-order valence-corrected chi connectivity index (χ1v) is 9.69. The molecule has 15 heteroatoms. The van der Waals surface area contributed by atoms with Gasteiger partial charge in [-0.25, -0.2) is 0 Å². The van der Waals surface area contributed by atoms with Gasteiger partial charge in [0.05, 0.1) is 19.7 Å². The van der Waals surface area contributed by atoms with Crippen LogP contribution in [0.2, 0.25) is 0 Å². The van der Waals surface area contributed by atoms with Crippen LogP contribution in [0.15, 0.2) is 0 Å². The smallest absolute Gasteiger partial charge is 0.277 e. The maximum Gasteiger partial charge on any atom is 0.394 e. The fourth-order valence-electron chi connectivity index (χ4n) is 0.0702. The molecule has 0 aliphatic carbocycles. The van der Waals surface area contributed by atoms with E-state index in [4.69, 9.17) is 26.6 Å². The van der Waals surface area contributed by atoms with E-state index in [0.29, 0.717) is 0 Å². The predicted octanol–water partition coefficient (Wildman–Crippen LogP) is -0.679. The Morgan fingerprint density at radius 3 is 0.800 bits per heavy atom. The normalized spacial score (nSPS) is 12.8. The number of hydrogen-bond donors (Lipinski definition) is 4. The van der Waals surface area contributed by atoms with Crippen LogP contribution in [-0.4, -0.2) is 43.5 Å². The molecule has 0 aromatic heterocycles. The molecule has 0 aromatic rings. The Morgan fingerprint density at radius 1 is 0.600 bits per heavy atom. The second-order valence-electron chi connectivity index (χ2n) is 1.44. The molecule has 0 aliphatic heterocycles. The summed E-state index contributed by atoms with van der Waals surface area (Å²) in [5.41, 5.74) is 0. The highest BCUT2D eigenvalue weighted by atomic mass is 33.7. The highest BCUT2D eigenvalue weighted by Crippen LogP contribution is 2.30. The Balaban J connectivity index is 0. The minimum absolute atomic E-state index is 0.353. The van der Waals surface area contributed by atoms with Crippen molar-refractivity contribution in [3.05, 3.63) is 0 Å². The molecule has 0 atom stereocenters. The molecule has 0 fully saturated rings. The first-order chi connectivity index (χ1) is 6.21. The summed E-state index contributed by atoms with van der Waals surface area (Å²) < 4.78 is 86.6. The maximum atomic E-state index is 9.80. The Bertz CT molecular complexity index is 418. The fourth-order valence-corrected chi connectivity index (χ4v) is 5.69. The molecule has 0 unspecified atom stereocenters. The summed E-state index contributed by atoms with van der Waals surface area (Å²) in [4.78, 5) is 0. The molecule has 0 rings (SSSR count). The molecule has 0 saturated heterocycles. The van der Waals surface area contributed by atoms with Gasteiger partial charge in [0.25, 0.3) is 0 Å². The molecule has 0 spiro atoms. The van der Waals surface area contributed by atoms with Crippen LogP contribution in [0.1, 0.15) is 0 Å². The lowest BCUT2D eigenvalue weighted by Crippen LogP contribution is -1.90. The Labute approximate surface area is 91.7 Å². The molecule has 0 aliphatic rings. The molecule has 0 amide bonds. The summed E-state index contributed by atoms with van der Waals surface area (Å²) >= 11 is 0. The van der Waals surface area contributed by atoms with Crippen molar-refractivity contribution >= 4 is 48.4 Å². The maximum absolute atomic E-state index is 9.80. The fraction of sp³-hybridized carbons (Fsp3) is 0. The van der Waals surface area contributed by atoms with Crippen molar-refractivity contribution in [2.45, 2.75) is 0 Å². The molecular weight excluding hydrogens is 320 g/mol.